The Balaban J connectivity index is 1.84. The zero-order valence-corrected chi connectivity index (χ0v) is 18.4. The number of benzene rings is 1. The Morgan fingerprint density at radius 1 is 1.22 bits per heavy atom. The molecule has 2 bridgehead atoms. The highest BCUT2D eigenvalue weighted by atomic mass is 16.5. The van der Waals surface area contributed by atoms with Crippen LogP contribution in [0.4, 0.5) is 5.82 Å². The highest BCUT2D eigenvalue weighted by Gasteiger charge is 2.25. The van der Waals surface area contributed by atoms with Crippen molar-refractivity contribution in [2.75, 3.05) is 5.73 Å². The van der Waals surface area contributed by atoms with Crippen molar-refractivity contribution in [1.82, 2.24) is 24.5 Å². The van der Waals surface area contributed by atoms with Crippen LogP contribution in [0.25, 0.3) is 22.4 Å². The summed E-state index contributed by atoms with van der Waals surface area (Å²) in [4.78, 5) is 4.36. The van der Waals surface area contributed by atoms with Crippen LogP contribution in [-0.2, 0) is 20.5 Å². The first kappa shape index (κ1) is 19.8. The third-order valence-electron chi connectivity index (χ3n) is 5.86. The molecule has 160 valence electrons. The van der Waals surface area contributed by atoms with Crippen molar-refractivity contribution in [3.63, 3.8) is 0 Å². The minimum atomic E-state index is -0.290. The Morgan fingerprint density at radius 3 is 2.81 bits per heavy atom. The molecule has 0 saturated carbocycles. The van der Waals surface area contributed by atoms with E-state index < -0.39 is 0 Å². The van der Waals surface area contributed by atoms with Crippen LogP contribution in [0.5, 0.6) is 5.75 Å². The van der Waals surface area contributed by atoms with Crippen molar-refractivity contribution in [3.05, 3.63) is 64.7 Å². The third-order valence-corrected chi connectivity index (χ3v) is 5.86. The van der Waals surface area contributed by atoms with Crippen molar-refractivity contribution in [2.45, 2.75) is 26.4 Å². The van der Waals surface area contributed by atoms with Gasteiger partial charge in [-0.1, -0.05) is 23.8 Å². The van der Waals surface area contributed by atoms with Crippen molar-refractivity contribution >= 4 is 5.82 Å². The lowest BCUT2D eigenvalue weighted by Gasteiger charge is -2.21. The summed E-state index contributed by atoms with van der Waals surface area (Å²) in [5, 5.41) is 19.3. The molecule has 3 aromatic heterocycles. The minimum absolute atomic E-state index is 0.290. The standard InChI is InChI=1S/C24H23N7O/c1-13-5-6-17-18(7-13)14(2)32-21-9-15(11-27-24(21)26)22-19(28-31(4)20(22)10-25)8-16-12-30(3)29-23(16)17/h5-7,9,11-12,14H,8H2,1-4H3,(H2,26,27). The summed E-state index contributed by atoms with van der Waals surface area (Å²) in [7, 11) is 3.68. The molecule has 1 unspecified atom stereocenters. The first-order valence-corrected chi connectivity index (χ1v) is 10.4. The molecule has 0 saturated heterocycles. The number of anilines is 1. The minimum Gasteiger partial charge on any atom is -0.482 e. The molecule has 8 nitrogen and oxygen atoms in total. The number of rotatable bonds is 0. The number of hydrogen-bond donors (Lipinski definition) is 1. The van der Waals surface area contributed by atoms with Crippen LogP contribution in [-0.4, -0.2) is 24.5 Å². The summed E-state index contributed by atoms with van der Waals surface area (Å²) in [6, 6.07) is 10.4. The first-order valence-electron chi connectivity index (χ1n) is 10.4. The first-order chi connectivity index (χ1) is 15.4. The Hall–Kier alpha value is -4.12. The largest absolute Gasteiger partial charge is 0.482 e. The van der Waals surface area contributed by atoms with Gasteiger partial charge in [-0.3, -0.25) is 9.36 Å². The quantitative estimate of drug-likeness (QED) is 0.460. The van der Waals surface area contributed by atoms with Crippen LogP contribution in [0.1, 0.15) is 41.1 Å². The second kappa shape index (κ2) is 7.24. The predicted octanol–water partition coefficient (Wildman–Crippen LogP) is 3.69. The maximum atomic E-state index is 9.83. The molecule has 4 aromatic rings. The van der Waals surface area contributed by atoms with Crippen molar-refractivity contribution in [1.29, 1.82) is 5.26 Å². The van der Waals surface area contributed by atoms with Crippen molar-refractivity contribution in [3.8, 4) is 34.2 Å². The fraction of sp³-hybridized carbons (Fsp3) is 0.250. The molecule has 0 fully saturated rings. The lowest BCUT2D eigenvalue weighted by atomic mass is 9.93. The summed E-state index contributed by atoms with van der Waals surface area (Å²) < 4.78 is 9.75. The number of ether oxygens (including phenoxy) is 1. The average molecular weight is 425 g/mol. The molecule has 1 aromatic carbocycles. The molecule has 0 spiro atoms. The van der Waals surface area contributed by atoms with Crippen LogP contribution < -0.4 is 10.5 Å². The Labute approximate surface area is 185 Å². The van der Waals surface area contributed by atoms with Gasteiger partial charge in [0, 0.05) is 60.7 Å². The fourth-order valence-corrected chi connectivity index (χ4v) is 4.38. The summed E-state index contributed by atoms with van der Waals surface area (Å²) in [6.45, 7) is 4.05. The summed E-state index contributed by atoms with van der Waals surface area (Å²) in [5.74, 6) is 0.775. The molecule has 5 rings (SSSR count). The molecule has 1 aliphatic heterocycles. The van der Waals surface area contributed by atoms with Gasteiger partial charge >= 0.3 is 0 Å². The number of pyridine rings is 1. The number of fused-ring (bicyclic) bond motifs is 7. The molecule has 0 amide bonds. The average Bonchev–Trinajstić information content (AvgIpc) is 3.27. The van der Waals surface area contributed by atoms with E-state index in [1.165, 1.54) is 0 Å². The van der Waals surface area contributed by atoms with E-state index in [1.54, 1.807) is 17.9 Å². The maximum absolute atomic E-state index is 9.83. The van der Waals surface area contributed by atoms with Gasteiger partial charge in [0.1, 0.15) is 17.9 Å². The number of nitrogens with zero attached hydrogens (tertiary/aromatic N) is 6. The van der Waals surface area contributed by atoms with Crippen molar-refractivity contribution < 1.29 is 4.74 Å². The van der Waals surface area contributed by atoms with Crippen LogP contribution in [0.15, 0.2) is 36.7 Å². The highest BCUT2D eigenvalue weighted by Crippen LogP contribution is 2.39. The molecule has 2 N–H and O–H groups in total. The Kier molecular flexibility index (Phi) is 4.48. The van der Waals surface area contributed by atoms with E-state index in [1.807, 2.05) is 30.9 Å². The number of nitrogens with two attached hydrogens (primary N) is 1. The van der Waals surface area contributed by atoms with Gasteiger partial charge in [-0.2, -0.15) is 15.5 Å². The van der Waals surface area contributed by atoms with E-state index in [0.717, 1.165) is 44.8 Å². The number of aryl methyl sites for hydroxylation is 3. The number of hydrogen-bond acceptors (Lipinski definition) is 6. The van der Waals surface area contributed by atoms with Gasteiger partial charge in [0.15, 0.2) is 11.6 Å². The predicted molar refractivity (Wildman–Crippen MR) is 121 cm³/mol. The second-order valence-corrected chi connectivity index (χ2v) is 8.22. The molecule has 1 aliphatic rings. The normalized spacial score (nSPS) is 14.8. The van der Waals surface area contributed by atoms with Gasteiger partial charge < -0.3 is 10.5 Å². The Morgan fingerprint density at radius 2 is 2.03 bits per heavy atom. The SMILES string of the molecule is Cc1ccc2c(c1)C(C)Oc1cc(cnc1N)-c1c(nn(C)c1C#N)Cc1cn(C)nc1-2. The fourth-order valence-electron chi connectivity index (χ4n) is 4.38. The van der Waals surface area contributed by atoms with Crippen LogP contribution in [0.2, 0.25) is 0 Å². The zero-order valence-electron chi connectivity index (χ0n) is 18.4. The lowest BCUT2D eigenvalue weighted by Crippen LogP contribution is -2.09. The lowest BCUT2D eigenvalue weighted by molar-refractivity contribution is 0.228. The van der Waals surface area contributed by atoms with Crippen molar-refractivity contribution in [2.24, 2.45) is 14.1 Å². The Bertz CT molecular complexity index is 1410. The van der Waals surface area contributed by atoms with E-state index in [0.29, 0.717) is 23.7 Å². The molecule has 1 atom stereocenters. The number of nitrogen functional groups attached to an aromatic ring is 1. The molecule has 0 radical (unpaired) electrons. The van der Waals surface area contributed by atoms with Gasteiger partial charge in [-0.05, 0) is 19.9 Å². The third kappa shape index (κ3) is 3.10. The van der Waals surface area contributed by atoms with Crippen LogP contribution >= 0.6 is 0 Å². The van der Waals surface area contributed by atoms with Crippen LogP contribution in [0, 0.1) is 18.3 Å². The molecular formula is C24H23N7O. The number of aromatic nitrogens is 5. The highest BCUT2D eigenvalue weighted by molar-refractivity contribution is 5.75. The molecule has 4 heterocycles. The molecule has 8 heteroatoms. The van der Waals surface area contributed by atoms with E-state index in [-0.39, 0.29) is 6.10 Å². The van der Waals surface area contributed by atoms with E-state index in [4.69, 9.17) is 15.6 Å². The van der Waals surface area contributed by atoms with E-state index >= 15 is 0 Å². The van der Waals surface area contributed by atoms with Gasteiger partial charge in [0.05, 0.1) is 11.4 Å². The second-order valence-electron chi connectivity index (χ2n) is 8.22. The van der Waals surface area contributed by atoms with Crippen LogP contribution in [0.3, 0.4) is 0 Å². The zero-order chi connectivity index (χ0) is 22.6. The van der Waals surface area contributed by atoms with Gasteiger partial charge in [-0.25, -0.2) is 4.98 Å². The molecular weight excluding hydrogens is 402 g/mol. The maximum Gasteiger partial charge on any atom is 0.166 e. The topological polar surface area (TPSA) is 108 Å². The monoisotopic (exact) mass is 425 g/mol. The van der Waals surface area contributed by atoms with Gasteiger partial charge in [0.25, 0.3) is 0 Å². The molecule has 32 heavy (non-hydrogen) atoms. The molecule has 0 aliphatic carbocycles. The summed E-state index contributed by atoms with van der Waals surface area (Å²) in [6.07, 6.45) is 3.91. The van der Waals surface area contributed by atoms with Gasteiger partial charge in [-0.15, -0.1) is 0 Å². The van der Waals surface area contributed by atoms with E-state index in [9.17, 15) is 5.26 Å². The summed E-state index contributed by atoms with van der Waals surface area (Å²) in [5.41, 5.74) is 13.9. The van der Waals surface area contributed by atoms with Gasteiger partial charge in [0.2, 0.25) is 0 Å². The number of nitriles is 1. The van der Waals surface area contributed by atoms with E-state index in [2.05, 4.69) is 41.3 Å². The smallest absolute Gasteiger partial charge is 0.166 e. The summed E-state index contributed by atoms with van der Waals surface area (Å²) >= 11 is 0.